The molecule has 0 bridgehead atoms. The lowest BCUT2D eigenvalue weighted by Gasteiger charge is -2.72. The minimum atomic E-state index is -0.234. The monoisotopic (exact) mass is 481 g/mol. The quantitative estimate of drug-likeness (QED) is 0.306. The Hall–Kier alpha value is -1.12. The molecule has 0 aromatic heterocycles. The van der Waals surface area contributed by atoms with Crippen molar-refractivity contribution in [1.82, 2.24) is 0 Å². The molecule has 0 unspecified atom stereocenters. The third-order valence-electron chi connectivity index (χ3n) is 13.5. The van der Waals surface area contributed by atoms with E-state index in [2.05, 4.69) is 54.4 Å². The Labute approximate surface area is 214 Å². The molecule has 195 valence electrons. The molecule has 0 spiro atoms. The first-order valence-electron chi connectivity index (χ1n) is 14.5. The molecular weight excluding hydrogens is 432 g/mol. The molecular formula is C32H49O3. The van der Waals surface area contributed by atoms with Gasteiger partial charge in [0.2, 0.25) is 6.29 Å². The number of hydrogen-bond acceptors (Lipinski definition) is 3. The van der Waals surface area contributed by atoms with E-state index < -0.39 is 0 Å². The van der Waals surface area contributed by atoms with E-state index in [4.69, 9.17) is 4.74 Å². The van der Waals surface area contributed by atoms with Crippen LogP contribution >= 0.6 is 0 Å². The van der Waals surface area contributed by atoms with Crippen molar-refractivity contribution in [1.29, 1.82) is 0 Å². The van der Waals surface area contributed by atoms with E-state index in [1.807, 2.05) is 0 Å². The Morgan fingerprint density at radius 1 is 0.829 bits per heavy atom. The van der Waals surface area contributed by atoms with Gasteiger partial charge in [0, 0.05) is 17.8 Å². The first-order valence-corrected chi connectivity index (χ1v) is 14.5. The highest BCUT2D eigenvalue weighted by Crippen LogP contribution is 2.77. The molecule has 0 aromatic rings. The van der Waals surface area contributed by atoms with E-state index in [0.29, 0.717) is 29.6 Å². The van der Waals surface area contributed by atoms with Crippen molar-refractivity contribution < 1.29 is 14.3 Å². The highest BCUT2D eigenvalue weighted by Gasteiger charge is 2.71. The van der Waals surface area contributed by atoms with Gasteiger partial charge >= 0.3 is 5.97 Å². The number of carbonyl (C=O) groups is 1. The van der Waals surface area contributed by atoms with Gasteiger partial charge in [0.05, 0.1) is 0 Å². The van der Waals surface area contributed by atoms with Crippen LogP contribution in [0.2, 0.25) is 0 Å². The standard InChI is InChI=1S/C32H49O3/c1-20(2)22-11-16-32(19-33)18-17-30(7)23(27(22)32)9-10-25-29(6)14-13-26(35-21(3)34)28(4,5)24(29)12-15-31(25,30)8/h22-27H,1,9-18H2,2-8H3/t22-,23+,24-,25+,26-,27+,29-,30+,31+,32+/m0/s1. The maximum absolute atomic E-state index is 12.5. The van der Waals surface area contributed by atoms with Crippen LogP contribution in [-0.4, -0.2) is 18.4 Å². The third-order valence-corrected chi connectivity index (χ3v) is 13.5. The number of carbonyl (C=O) groups excluding carboxylic acids is 2. The second kappa shape index (κ2) is 7.94. The highest BCUT2D eigenvalue weighted by molar-refractivity contribution is 5.66. The Morgan fingerprint density at radius 2 is 1.54 bits per heavy atom. The second-order valence-electron chi connectivity index (χ2n) is 14.9. The number of esters is 1. The average molecular weight is 482 g/mol. The average Bonchev–Trinajstić information content (AvgIpc) is 3.16. The van der Waals surface area contributed by atoms with Gasteiger partial charge in [-0.15, -0.1) is 0 Å². The smallest absolute Gasteiger partial charge is 0.302 e. The zero-order chi connectivity index (χ0) is 25.6. The SMILES string of the molecule is C=C(C)[C@@H]1CC[C@]2([C]=O)CC[C@]3(C)[C@H](CC[C@@H]4[C@@]5(C)CC[C@H](OC(C)=O)C(C)(C)[C@@H]5CC[C@]43C)[C@@H]12. The maximum Gasteiger partial charge on any atom is 0.302 e. The first kappa shape index (κ1) is 25.5. The number of ether oxygens (including phenoxy) is 1. The summed E-state index contributed by atoms with van der Waals surface area (Å²) in [5.41, 5.74) is 1.86. The van der Waals surface area contributed by atoms with Gasteiger partial charge in [0.1, 0.15) is 6.10 Å². The second-order valence-corrected chi connectivity index (χ2v) is 14.9. The highest BCUT2D eigenvalue weighted by atomic mass is 16.5. The Bertz CT molecular complexity index is 920. The molecule has 3 heteroatoms. The molecule has 35 heavy (non-hydrogen) atoms. The Kier molecular flexibility index (Phi) is 5.79. The number of fused-ring (bicyclic) bond motifs is 7. The zero-order valence-corrected chi connectivity index (χ0v) is 23.5. The summed E-state index contributed by atoms with van der Waals surface area (Å²) in [5.74, 6) is 2.62. The van der Waals surface area contributed by atoms with Crippen molar-refractivity contribution in [3.8, 4) is 0 Å². The molecule has 0 N–H and O–H groups in total. The summed E-state index contributed by atoms with van der Waals surface area (Å²) in [5, 5.41) is 0. The Balaban J connectivity index is 1.51. The lowest BCUT2D eigenvalue weighted by Crippen LogP contribution is -2.66. The summed E-state index contributed by atoms with van der Waals surface area (Å²) < 4.78 is 5.89. The van der Waals surface area contributed by atoms with Crippen molar-refractivity contribution in [3.63, 3.8) is 0 Å². The number of hydrogen-bond donors (Lipinski definition) is 0. The molecule has 5 aliphatic carbocycles. The number of rotatable bonds is 3. The van der Waals surface area contributed by atoms with Crippen molar-refractivity contribution in [2.75, 3.05) is 0 Å². The van der Waals surface area contributed by atoms with Crippen LogP contribution in [0.1, 0.15) is 113 Å². The molecule has 10 atom stereocenters. The van der Waals surface area contributed by atoms with Crippen LogP contribution < -0.4 is 0 Å². The molecule has 1 radical (unpaired) electrons. The molecule has 0 aromatic carbocycles. The molecule has 5 aliphatic rings. The Morgan fingerprint density at radius 3 is 2.17 bits per heavy atom. The van der Waals surface area contributed by atoms with E-state index in [0.717, 1.165) is 32.1 Å². The fraction of sp³-hybridized carbons (Fsp3) is 0.875. The van der Waals surface area contributed by atoms with E-state index in [9.17, 15) is 9.59 Å². The van der Waals surface area contributed by atoms with Gasteiger partial charge in [0.25, 0.3) is 0 Å². The van der Waals surface area contributed by atoms with Crippen LogP contribution in [0.4, 0.5) is 0 Å². The fourth-order valence-corrected chi connectivity index (χ4v) is 11.7. The van der Waals surface area contributed by atoms with Gasteiger partial charge in [-0.25, -0.2) is 0 Å². The molecule has 0 aliphatic heterocycles. The normalized spacial score (nSPS) is 52.3. The summed E-state index contributed by atoms with van der Waals surface area (Å²) in [6.45, 7) is 20.7. The zero-order valence-electron chi connectivity index (χ0n) is 23.5. The van der Waals surface area contributed by atoms with Crippen molar-refractivity contribution in [2.45, 2.75) is 119 Å². The van der Waals surface area contributed by atoms with Crippen molar-refractivity contribution >= 4 is 12.3 Å². The molecule has 3 nitrogen and oxygen atoms in total. The molecule has 0 amide bonds. The maximum atomic E-state index is 12.5. The van der Waals surface area contributed by atoms with Crippen LogP contribution in [0.25, 0.3) is 0 Å². The minimum Gasteiger partial charge on any atom is -0.462 e. The van der Waals surface area contributed by atoms with Crippen LogP contribution in [0.5, 0.6) is 0 Å². The van der Waals surface area contributed by atoms with Crippen LogP contribution in [0.15, 0.2) is 12.2 Å². The van der Waals surface area contributed by atoms with E-state index >= 15 is 0 Å². The van der Waals surface area contributed by atoms with Gasteiger partial charge in [0.15, 0.2) is 0 Å². The van der Waals surface area contributed by atoms with Crippen molar-refractivity contribution in [3.05, 3.63) is 12.2 Å². The molecule has 5 saturated carbocycles. The van der Waals surface area contributed by atoms with E-state index in [1.165, 1.54) is 37.7 Å². The lowest BCUT2D eigenvalue weighted by molar-refractivity contribution is -0.246. The largest absolute Gasteiger partial charge is 0.462 e. The van der Waals surface area contributed by atoms with Crippen molar-refractivity contribution in [2.24, 2.45) is 56.7 Å². The van der Waals surface area contributed by atoms with E-state index in [-0.39, 0.29) is 39.1 Å². The van der Waals surface area contributed by atoms with Gasteiger partial charge in [-0.1, -0.05) is 46.8 Å². The molecule has 0 saturated heterocycles. The van der Waals surface area contributed by atoms with Crippen LogP contribution in [-0.2, 0) is 14.3 Å². The van der Waals surface area contributed by atoms with Crippen LogP contribution in [0.3, 0.4) is 0 Å². The summed E-state index contributed by atoms with van der Waals surface area (Å²) in [6.07, 6.45) is 14.1. The molecule has 0 heterocycles. The fourth-order valence-electron chi connectivity index (χ4n) is 11.7. The van der Waals surface area contributed by atoms with Gasteiger partial charge in [-0.05, 0) is 117 Å². The van der Waals surface area contributed by atoms with E-state index in [1.54, 1.807) is 6.92 Å². The predicted octanol–water partition coefficient (Wildman–Crippen LogP) is 7.69. The topological polar surface area (TPSA) is 43.4 Å². The first-order chi connectivity index (χ1) is 16.3. The minimum absolute atomic E-state index is 0.00243. The van der Waals surface area contributed by atoms with Gasteiger partial charge in [-0.3, -0.25) is 9.59 Å². The predicted molar refractivity (Wildman–Crippen MR) is 140 cm³/mol. The van der Waals surface area contributed by atoms with Crippen LogP contribution in [0, 0.1) is 56.7 Å². The lowest BCUT2D eigenvalue weighted by atomic mass is 9.32. The third kappa shape index (κ3) is 3.21. The van der Waals surface area contributed by atoms with Gasteiger partial charge in [-0.2, -0.15) is 0 Å². The summed E-state index contributed by atoms with van der Waals surface area (Å²) in [7, 11) is 0. The molecule has 5 rings (SSSR count). The summed E-state index contributed by atoms with van der Waals surface area (Å²) in [4.78, 5) is 24.4. The summed E-state index contributed by atoms with van der Waals surface area (Å²) >= 11 is 0. The summed E-state index contributed by atoms with van der Waals surface area (Å²) in [6, 6.07) is 0. The number of allylic oxidation sites excluding steroid dienone is 1. The molecule has 5 fully saturated rings. The van der Waals surface area contributed by atoms with Gasteiger partial charge < -0.3 is 4.74 Å².